The number of hydrogen-bond acceptors (Lipinski definition) is 2. The fourth-order valence-electron chi connectivity index (χ4n) is 0.417. The van der Waals surface area contributed by atoms with Crippen molar-refractivity contribution < 1.29 is 5.11 Å². The van der Waals surface area contributed by atoms with E-state index in [0.717, 1.165) is 3.58 Å². The summed E-state index contributed by atoms with van der Waals surface area (Å²) < 4.78 is 1.08. The Morgan fingerprint density at radius 1 is 1.88 bits per heavy atom. The summed E-state index contributed by atoms with van der Waals surface area (Å²) in [4.78, 5) is 0. The zero-order chi connectivity index (χ0) is 5.98. The molecule has 0 saturated carbocycles. The van der Waals surface area contributed by atoms with Gasteiger partial charge in [-0.25, -0.2) is 0 Å². The lowest BCUT2D eigenvalue weighted by Gasteiger charge is -2.06. The molecule has 0 aliphatic carbocycles. The van der Waals surface area contributed by atoms with Gasteiger partial charge in [-0.05, 0) is 28.7 Å². The molecule has 43 valence electrons. The molecular formula is C5H5INO. The Labute approximate surface area is 61.4 Å². The molecule has 3 heteroatoms. The lowest BCUT2D eigenvalue weighted by atomic mass is 10.4. The lowest BCUT2D eigenvalue weighted by Crippen LogP contribution is -2.16. The monoisotopic (exact) mass is 222 g/mol. The summed E-state index contributed by atoms with van der Waals surface area (Å²) in [7, 11) is 0. The fraction of sp³-hybridized carbons (Fsp3) is 0.200. The minimum absolute atomic E-state index is 0.199. The molecule has 8 heavy (non-hydrogen) atoms. The van der Waals surface area contributed by atoms with Crippen molar-refractivity contribution >= 4 is 22.6 Å². The first-order chi connectivity index (χ1) is 3.79. The van der Waals surface area contributed by atoms with E-state index < -0.39 is 0 Å². The molecular weight excluding hydrogens is 217 g/mol. The van der Waals surface area contributed by atoms with Gasteiger partial charge < -0.3 is 10.4 Å². The first-order valence-corrected chi connectivity index (χ1v) is 3.28. The Morgan fingerprint density at radius 3 is 3.00 bits per heavy atom. The Balaban J connectivity index is 2.65. The highest BCUT2D eigenvalue weighted by molar-refractivity contribution is 14.1. The van der Waals surface area contributed by atoms with Crippen molar-refractivity contribution in [3.8, 4) is 0 Å². The van der Waals surface area contributed by atoms with E-state index in [2.05, 4.69) is 34.0 Å². The van der Waals surface area contributed by atoms with Gasteiger partial charge in [-0.3, -0.25) is 0 Å². The van der Waals surface area contributed by atoms with E-state index in [1.54, 1.807) is 0 Å². The van der Waals surface area contributed by atoms with Crippen LogP contribution in [-0.4, -0.2) is 11.7 Å². The number of rotatable bonds is 0. The fourth-order valence-corrected chi connectivity index (χ4v) is 0.763. The summed E-state index contributed by atoms with van der Waals surface area (Å²) in [6.45, 7) is 0.697. The molecule has 0 amide bonds. The maximum Gasteiger partial charge on any atom is 0.185 e. The number of hydrogen-bond donors (Lipinski definition) is 2. The van der Waals surface area contributed by atoms with Crippen molar-refractivity contribution in [1.29, 1.82) is 0 Å². The Morgan fingerprint density at radius 2 is 2.62 bits per heavy atom. The van der Waals surface area contributed by atoms with E-state index in [4.69, 9.17) is 5.11 Å². The third-order valence-corrected chi connectivity index (χ3v) is 1.48. The van der Waals surface area contributed by atoms with Gasteiger partial charge in [-0.15, -0.1) is 0 Å². The molecule has 0 atom stereocenters. The highest BCUT2D eigenvalue weighted by Gasteiger charge is 1.97. The smallest absolute Gasteiger partial charge is 0.185 e. The van der Waals surface area contributed by atoms with E-state index in [0.29, 0.717) is 6.54 Å². The Bertz CT molecular complexity index is 133. The number of nitrogens with one attached hydrogen (secondary N) is 1. The average Bonchev–Trinajstić information content (AvgIpc) is 1.77. The largest absolute Gasteiger partial charge is 0.495 e. The van der Waals surface area contributed by atoms with Crippen molar-refractivity contribution in [2.45, 2.75) is 0 Å². The van der Waals surface area contributed by atoms with Crippen LogP contribution in [0.15, 0.2) is 15.5 Å². The molecule has 1 aliphatic heterocycles. The van der Waals surface area contributed by atoms with Crippen LogP contribution in [0.1, 0.15) is 0 Å². The van der Waals surface area contributed by atoms with Gasteiger partial charge in [0, 0.05) is 16.2 Å². The van der Waals surface area contributed by atoms with E-state index in [1.165, 1.54) is 6.08 Å². The van der Waals surface area contributed by atoms with E-state index in [9.17, 15) is 0 Å². The Kier molecular flexibility index (Phi) is 1.77. The van der Waals surface area contributed by atoms with Gasteiger partial charge >= 0.3 is 0 Å². The summed E-state index contributed by atoms with van der Waals surface area (Å²) in [6.07, 6.45) is 4.38. The van der Waals surface area contributed by atoms with E-state index in [1.807, 2.05) is 0 Å². The molecule has 0 bridgehead atoms. The molecule has 0 unspecified atom stereocenters. The van der Waals surface area contributed by atoms with Crippen molar-refractivity contribution in [2.75, 3.05) is 6.54 Å². The molecule has 0 aromatic heterocycles. The first kappa shape index (κ1) is 5.94. The minimum atomic E-state index is 0.199. The van der Waals surface area contributed by atoms with E-state index >= 15 is 0 Å². The maximum atomic E-state index is 8.70. The zero-order valence-electron chi connectivity index (χ0n) is 4.11. The molecule has 0 aromatic rings. The molecule has 0 fully saturated rings. The highest BCUT2D eigenvalue weighted by Crippen LogP contribution is 2.07. The van der Waals surface area contributed by atoms with Crippen molar-refractivity contribution in [3.05, 3.63) is 21.6 Å². The van der Waals surface area contributed by atoms with Gasteiger partial charge in [0.15, 0.2) is 5.88 Å². The summed E-state index contributed by atoms with van der Waals surface area (Å²) in [5.74, 6) is 0.199. The van der Waals surface area contributed by atoms with Gasteiger partial charge in [0.1, 0.15) is 0 Å². The first-order valence-electron chi connectivity index (χ1n) is 2.20. The second-order valence-electron chi connectivity index (χ2n) is 1.43. The number of dihydropyridines is 1. The number of halogens is 1. The van der Waals surface area contributed by atoms with Crippen molar-refractivity contribution in [2.24, 2.45) is 0 Å². The molecule has 0 aromatic carbocycles. The third-order valence-electron chi connectivity index (χ3n) is 0.790. The standard InChI is InChI=1S/C5H5INO/c6-4-1-2-5(8)7-3-4/h2,7-8H,3H2. The van der Waals surface area contributed by atoms with Crippen LogP contribution in [0.3, 0.4) is 0 Å². The number of aliphatic hydroxyl groups is 1. The molecule has 1 heterocycles. The van der Waals surface area contributed by atoms with Crippen LogP contribution in [0.25, 0.3) is 0 Å². The summed E-state index contributed by atoms with van der Waals surface area (Å²) in [5.41, 5.74) is 0. The lowest BCUT2D eigenvalue weighted by molar-refractivity contribution is 0.368. The SMILES string of the molecule is OC1=C[C]=C(I)CN1. The molecule has 1 aliphatic rings. The zero-order valence-corrected chi connectivity index (χ0v) is 6.27. The van der Waals surface area contributed by atoms with Crippen molar-refractivity contribution in [3.63, 3.8) is 0 Å². The van der Waals surface area contributed by atoms with E-state index in [-0.39, 0.29) is 5.88 Å². The van der Waals surface area contributed by atoms with Gasteiger partial charge in [0.2, 0.25) is 0 Å². The molecule has 0 spiro atoms. The number of allylic oxidation sites excluding steroid dienone is 2. The molecule has 1 rings (SSSR count). The van der Waals surface area contributed by atoms with Gasteiger partial charge in [-0.2, -0.15) is 0 Å². The Hall–Kier alpha value is -0.190. The van der Waals surface area contributed by atoms with Gasteiger partial charge in [-0.1, -0.05) is 0 Å². The second kappa shape index (κ2) is 2.39. The number of aliphatic hydroxyl groups excluding tert-OH is 1. The summed E-state index contributed by atoms with van der Waals surface area (Å²) in [6, 6.07) is 0. The predicted molar refractivity (Wildman–Crippen MR) is 39.5 cm³/mol. The van der Waals surface area contributed by atoms with Crippen LogP contribution in [0.2, 0.25) is 0 Å². The quantitative estimate of drug-likeness (QED) is 0.601. The van der Waals surface area contributed by atoms with Crippen molar-refractivity contribution in [1.82, 2.24) is 5.32 Å². The summed E-state index contributed by atoms with van der Waals surface area (Å²) >= 11 is 2.15. The molecule has 0 saturated heterocycles. The third kappa shape index (κ3) is 1.40. The van der Waals surface area contributed by atoms with Crippen LogP contribution in [-0.2, 0) is 0 Å². The van der Waals surface area contributed by atoms with Crippen LogP contribution < -0.4 is 5.32 Å². The minimum Gasteiger partial charge on any atom is -0.495 e. The second-order valence-corrected chi connectivity index (χ2v) is 2.73. The van der Waals surface area contributed by atoms with Gasteiger partial charge in [0.05, 0.1) is 0 Å². The van der Waals surface area contributed by atoms with Crippen LogP contribution in [0.4, 0.5) is 0 Å². The maximum absolute atomic E-state index is 8.70. The van der Waals surface area contributed by atoms with Crippen LogP contribution in [0, 0.1) is 6.08 Å². The van der Waals surface area contributed by atoms with Gasteiger partial charge in [0.25, 0.3) is 0 Å². The highest BCUT2D eigenvalue weighted by atomic mass is 127. The molecule has 2 nitrogen and oxygen atoms in total. The molecule has 1 radical (unpaired) electrons. The topological polar surface area (TPSA) is 32.3 Å². The normalized spacial score (nSPS) is 18.6. The average molecular weight is 222 g/mol. The molecule has 2 N–H and O–H groups in total. The predicted octanol–water partition coefficient (Wildman–Crippen LogP) is 1.11. The van der Waals surface area contributed by atoms with Crippen LogP contribution >= 0.6 is 22.6 Å². The summed E-state index contributed by atoms with van der Waals surface area (Å²) in [5, 5.41) is 11.4. The van der Waals surface area contributed by atoms with Crippen LogP contribution in [0.5, 0.6) is 0 Å².